The molecule has 0 spiro atoms. The van der Waals surface area contributed by atoms with E-state index in [1.165, 1.54) is 10.4 Å². The lowest BCUT2D eigenvalue weighted by atomic mass is 10.2. The zero-order chi connectivity index (χ0) is 13.8. The maximum atomic E-state index is 5.91. The van der Waals surface area contributed by atoms with Gasteiger partial charge in [0.1, 0.15) is 0 Å². The summed E-state index contributed by atoms with van der Waals surface area (Å²) in [5.41, 5.74) is 7.17. The predicted molar refractivity (Wildman–Crippen MR) is 83.9 cm³/mol. The Balaban J connectivity index is 1.73. The van der Waals surface area contributed by atoms with Crippen molar-refractivity contribution in [3.63, 3.8) is 0 Å². The van der Waals surface area contributed by atoms with Crippen molar-refractivity contribution in [1.29, 1.82) is 0 Å². The monoisotopic (exact) mass is 302 g/mol. The van der Waals surface area contributed by atoms with Gasteiger partial charge in [0.25, 0.3) is 0 Å². The molecule has 3 aromatic rings. The number of nitrogen functional groups attached to an aromatic ring is 1. The summed E-state index contributed by atoms with van der Waals surface area (Å²) < 4.78 is 1.96. The van der Waals surface area contributed by atoms with Crippen LogP contribution in [-0.2, 0) is 12.3 Å². The highest BCUT2D eigenvalue weighted by Crippen LogP contribution is 2.24. The molecule has 3 rings (SSSR count). The number of aromatic nitrogens is 3. The van der Waals surface area contributed by atoms with Crippen LogP contribution in [0.25, 0.3) is 0 Å². The van der Waals surface area contributed by atoms with Crippen LogP contribution < -0.4 is 5.73 Å². The average molecular weight is 302 g/mol. The predicted octanol–water partition coefficient (Wildman–Crippen LogP) is 3.26. The van der Waals surface area contributed by atoms with Gasteiger partial charge in [0.05, 0.1) is 6.54 Å². The molecule has 2 aromatic heterocycles. The van der Waals surface area contributed by atoms with Crippen LogP contribution in [0.4, 0.5) is 5.95 Å². The summed E-state index contributed by atoms with van der Waals surface area (Å²) in [6.07, 6.45) is 0. The van der Waals surface area contributed by atoms with Crippen LogP contribution in [-0.4, -0.2) is 14.8 Å². The molecule has 0 saturated carbocycles. The summed E-state index contributed by atoms with van der Waals surface area (Å²) in [5.74, 6) is 1.33. The molecule has 0 amide bonds. The largest absolute Gasteiger partial charge is 0.368 e. The quantitative estimate of drug-likeness (QED) is 0.735. The Morgan fingerprint density at radius 2 is 1.95 bits per heavy atom. The Kier molecular flexibility index (Phi) is 4.03. The van der Waals surface area contributed by atoms with Crippen molar-refractivity contribution in [2.24, 2.45) is 0 Å². The normalized spacial score (nSPS) is 10.8. The Labute approximate surface area is 125 Å². The second-order valence-electron chi connectivity index (χ2n) is 4.28. The molecule has 1 aromatic carbocycles. The molecule has 0 saturated heterocycles. The Morgan fingerprint density at radius 3 is 2.70 bits per heavy atom. The van der Waals surface area contributed by atoms with Gasteiger partial charge in [-0.15, -0.1) is 21.5 Å². The molecular weight excluding hydrogens is 288 g/mol. The second kappa shape index (κ2) is 6.11. The van der Waals surface area contributed by atoms with Crippen LogP contribution >= 0.6 is 23.1 Å². The number of hydrogen-bond donors (Lipinski definition) is 1. The van der Waals surface area contributed by atoms with E-state index in [4.69, 9.17) is 5.73 Å². The van der Waals surface area contributed by atoms with E-state index in [-0.39, 0.29) is 0 Å². The summed E-state index contributed by atoms with van der Waals surface area (Å²) >= 11 is 3.37. The van der Waals surface area contributed by atoms with Crippen molar-refractivity contribution in [2.45, 2.75) is 17.5 Å². The van der Waals surface area contributed by atoms with Gasteiger partial charge >= 0.3 is 0 Å². The van der Waals surface area contributed by atoms with Crippen molar-refractivity contribution < 1.29 is 0 Å². The fourth-order valence-electron chi connectivity index (χ4n) is 1.84. The molecule has 4 nitrogen and oxygen atoms in total. The first-order valence-electron chi connectivity index (χ1n) is 6.21. The molecule has 2 heterocycles. The van der Waals surface area contributed by atoms with Crippen molar-refractivity contribution in [3.05, 3.63) is 58.3 Å². The Bertz CT molecular complexity index is 662. The second-order valence-corrected chi connectivity index (χ2v) is 6.26. The molecule has 6 heteroatoms. The highest BCUT2D eigenvalue weighted by Gasteiger charge is 2.11. The Hall–Kier alpha value is -1.79. The molecule has 0 fully saturated rings. The molecule has 0 atom stereocenters. The highest BCUT2D eigenvalue weighted by molar-refractivity contribution is 7.98. The van der Waals surface area contributed by atoms with Crippen LogP contribution in [0, 0.1) is 0 Å². The third kappa shape index (κ3) is 3.02. The van der Waals surface area contributed by atoms with Crippen LogP contribution in [0.5, 0.6) is 0 Å². The molecule has 2 N–H and O–H groups in total. The van der Waals surface area contributed by atoms with E-state index in [1.807, 2.05) is 28.8 Å². The van der Waals surface area contributed by atoms with Crippen molar-refractivity contribution in [2.75, 3.05) is 5.73 Å². The summed E-state index contributed by atoms with van der Waals surface area (Å²) in [5, 5.41) is 11.1. The molecule has 0 bridgehead atoms. The molecule has 0 aliphatic heterocycles. The molecular formula is C14H14N4S2. The first-order valence-corrected chi connectivity index (χ1v) is 8.07. The lowest BCUT2D eigenvalue weighted by molar-refractivity contribution is 0.725. The third-order valence-electron chi connectivity index (χ3n) is 2.85. The van der Waals surface area contributed by atoms with Crippen molar-refractivity contribution >= 4 is 29.0 Å². The number of benzene rings is 1. The summed E-state index contributed by atoms with van der Waals surface area (Å²) in [4.78, 5) is 1.25. The molecule has 0 unspecified atom stereocenters. The standard InChI is InChI=1S/C14H14N4S2/c15-13-16-17-14(18(13)9-12-7-4-8-19-12)20-10-11-5-2-1-3-6-11/h1-8H,9-10H2,(H2,15,16). The lowest BCUT2D eigenvalue weighted by Gasteiger charge is -2.06. The fourth-order valence-corrected chi connectivity index (χ4v) is 3.43. The molecule has 20 heavy (non-hydrogen) atoms. The van der Waals surface area contributed by atoms with E-state index in [2.05, 4.69) is 33.8 Å². The zero-order valence-electron chi connectivity index (χ0n) is 10.8. The minimum Gasteiger partial charge on any atom is -0.368 e. The maximum Gasteiger partial charge on any atom is 0.223 e. The van der Waals surface area contributed by atoms with E-state index in [1.54, 1.807) is 23.1 Å². The first kappa shape index (κ1) is 13.2. The van der Waals surface area contributed by atoms with Crippen LogP contribution in [0.15, 0.2) is 53.0 Å². The summed E-state index contributed by atoms with van der Waals surface area (Å²) in [6, 6.07) is 14.5. The molecule has 0 aliphatic rings. The number of anilines is 1. The number of thiophene rings is 1. The summed E-state index contributed by atoms with van der Waals surface area (Å²) in [7, 11) is 0. The van der Waals surface area contributed by atoms with E-state index in [9.17, 15) is 0 Å². The van der Waals surface area contributed by atoms with Gasteiger partial charge in [0.2, 0.25) is 5.95 Å². The maximum absolute atomic E-state index is 5.91. The summed E-state index contributed by atoms with van der Waals surface area (Å²) in [6.45, 7) is 0.730. The number of hydrogen-bond acceptors (Lipinski definition) is 5. The lowest BCUT2D eigenvalue weighted by Crippen LogP contribution is -2.05. The van der Waals surface area contributed by atoms with Gasteiger partial charge in [-0.1, -0.05) is 48.2 Å². The highest BCUT2D eigenvalue weighted by atomic mass is 32.2. The van der Waals surface area contributed by atoms with Gasteiger partial charge in [-0.2, -0.15) is 0 Å². The first-order chi connectivity index (χ1) is 9.83. The van der Waals surface area contributed by atoms with Gasteiger partial charge < -0.3 is 5.73 Å². The van der Waals surface area contributed by atoms with Gasteiger partial charge in [0, 0.05) is 10.6 Å². The molecule has 0 radical (unpaired) electrons. The van der Waals surface area contributed by atoms with Crippen molar-refractivity contribution in [1.82, 2.24) is 14.8 Å². The van der Waals surface area contributed by atoms with E-state index < -0.39 is 0 Å². The van der Waals surface area contributed by atoms with Gasteiger partial charge in [-0.05, 0) is 17.0 Å². The van der Waals surface area contributed by atoms with E-state index >= 15 is 0 Å². The SMILES string of the molecule is Nc1nnc(SCc2ccccc2)n1Cc1cccs1. The zero-order valence-corrected chi connectivity index (χ0v) is 12.4. The number of thioether (sulfide) groups is 1. The van der Waals surface area contributed by atoms with Crippen LogP contribution in [0.1, 0.15) is 10.4 Å². The van der Waals surface area contributed by atoms with Gasteiger partial charge in [-0.3, -0.25) is 4.57 Å². The molecule has 0 aliphatic carbocycles. The van der Waals surface area contributed by atoms with Gasteiger partial charge in [-0.25, -0.2) is 0 Å². The van der Waals surface area contributed by atoms with Crippen LogP contribution in [0.2, 0.25) is 0 Å². The minimum atomic E-state index is 0.467. The third-order valence-corrected chi connectivity index (χ3v) is 4.75. The average Bonchev–Trinajstić information content (AvgIpc) is 3.10. The van der Waals surface area contributed by atoms with E-state index in [0.717, 1.165) is 17.5 Å². The topological polar surface area (TPSA) is 56.7 Å². The molecule has 102 valence electrons. The number of rotatable bonds is 5. The van der Waals surface area contributed by atoms with Crippen LogP contribution in [0.3, 0.4) is 0 Å². The minimum absolute atomic E-state index is 0.467. The Morgan fingerprint density at radius 1 is 1.10 bits per heavy atom. The number of nitrogens with zero attached hydrogens (tertiary/aromatic N) is 3. The van der Waals surface area contributed by atoms with Gasteiger partial charge in [0.15, 0.2) is 5.16 Å². The fraction of sp³-hybridized carbons (Fsp3) is 0.143. The smallest absolute Gasteiger partial charge is 0.223 e. The van der Waals surface area contributed by atoms with E-state index in [0.29, 0.717) is 5.95 Å². The number of nitrogens with two attached hydrogens (primary N) is 1. The van der Waals surface area contributed by atoms with Crippen molar-refractivity contribution in [3.8, 4) is 0 Å².